The second-order valence-electron chi connectivity index (χ2n) is 6.68. The number of ether oxygens (including phenoxy) is 1. The number of hydrogen-bond donors (Lipinski definition) is 1. The maximum absolute atomic E-state index is 6.18. The quantitative estimate of drug-likeness (QED) is 0.836. The highest BCUT2D eigenvalue weighted by Crippen LogP contribution is 2.33. The maximum Gasteiger partial charge on any atom is 0.124 e. The first-order valence-electron chi connectivity index (χ1n) is 8.79. The van der Waals surface area contributed by atoms with Crippen molar-refractivity contribution in [2.24, 2.45) is 0 Å². The molecule has 1 N–H and O–H groups in total. The molecule has 0 unspecified atom stereocenters. The largest absolute Gasteiger partial charge is 0.493 e. The third-order valence-corrected chi connectivity index (χ3v) is 5.11. The molecule has 4 nitrogen and oxygen atoms in total. The molecule has 1 aromatic rings. The molecule has 0 aromatic heterocycles. The Morgan fingerprint density at radius 2 is 2.09 bits per heavy atom. The molecule has 0 amide bonds. The van der Waals surface area contributed by atoms with E-state index in [2.05, 4.69) is 28.2 Å². The lowest BCUT2D eigenvalue weighted by Gasteiger charge is -2.32. The summed E-state index contributed by atoms with van der Waals surface area (Å²) in [5.74, 6) is 0.989. The average Bonchev–Trinajstić information content (AvgIpc) is 2.75. The summed E-state index contributed by atoms with van der Waals surface area (Å²) in [6, 6.07) is 6.33. The summed E-state index contributed by atoms with van der Waals surface area (Å²) in [6.07, 6.45) is 3.39. The van der Waals surface area contributed by atoms with E-state index in [9.17, 15) is 0 Å². The number of nitrogens with one attached hydrogen (secondary N) is 1. The summed E-state index contributed by atoms with van der Waals surface area (Å²) in [7, 11) is 2.20. The SMILES string of the molecule is CN1CCN(CCCN[C@@H]2CCCOc3ccc(Cl)cc32)CC1. The monoisotopic (exact) mass is 337 g/mol. The topological polar surface area (TPSA) is 27.7 Å². The zero-order valence-electron chi connectivity index (χ0n) is 14.1. The number of fused-ring (bicyclic) bond motifs is 1. The highest BCUT2D eigenvalue weighted by molar-refractivity contribution is 6.30. The Labute approximate surface area is 144 Å². The number of likely N-dealkylation sites (N-methyl/N-ethyl adjacent to an activating group) is 1. The van der Waals surface area contributed by atoms with E-state index < -0.39 is 0 Å². The van der Waals surface area contributed by atoms with E-state index in [0.29, 0.717) is 6.04 Å². The predicted octanol–water partition coefficient (Wildman–Crippen LogP) is 2.78. The van der Waals surface area contributed by atoms with Crippen molar-refractivity contribution in [2.45, 2.75) is 25.3 Å². The molecule has 23 heavy (non-hydrogen) atoms. The van der Waals surface area contributed by atoms with Crippen LogP contribution >= 0.6 is 11.6 Å². The Kier molecular flexibility index (Phi) is 6.17. The van der Waals surface area contributed by atoms with Crippen LogP contribution in [0, 0.1) is 0 Å². The third-order valence-electron chi connectivity index (χ3n) is 4.88. The van der Waals surface area contributed by atoms with Crippen molar-refractivity contribution in [2.75, 3.05) is 52.9 Å². The van der Waals surface area contributed by atoms with Crippen LogP contribution in [0.2, 0.25) is 5.02 Å². The van der Waals surface area contributed by atoms with Crippen LogP contribution in [0.1, 0.15) is 30.9 Å². The Bertz CT molecular complexity index is 503. The summed E-state index contributed by atoms with van der Waals surface area (Å²) in [5, 5.41) is 4.51. The minimum atomic E-state index is 0.360. The third kappa shape index (κ3) is 4.83. The lowest BCUT2D eigenvalue weighted by molar-refractivity contribution is 0.152. The normalized spacial score (nSPS) is 23.1. The first-order valence-corrected chi connectivity index (χ1v) is 9.17. The zero-order chi connectivity index (χ0) is 16.1. The molecule has 2 heterocycles. The minimum Gasteiger partial charge on any atom is -0.493 e. The molecule has 0 spiro atoms. The van der Waals surface area contributed by atoms with Crippen LogP contribution in [-0.2, 0) is 0 Å². The van der Waals surface area contributed by atoms with Crippen LogP contribution in [0.25, 0.3) is 0 Å². The first kappa shape index (κ1) is 17.0. The molecule has 1 saturated heterocycles. The molecule has 128 valence electrons. The summed E-state index contributed by atoms with van der Waals surface area (Å²) in [6.45, 7) is 7.82. The summed E-state index contributed by atoms with van der Waals surface area (Å²) >= 11 is 6.18. The molecule has 0 radical (unpaired) electrons. The first-order chi connectivity index (χ1) is 11.2. The smallest absolute Gasteiger partial charge is 0.124 e. The van der Waals surface area contributed by atoms with Crippen molar-refractivity contribution in [3.05, 3.63) is 28.8 Å². The molecule has 2 aliphatic heterocycles. The molecular weight excluding hydrogens is 310 g/mol. The number of piperazine rings is 1. The molecule has 0 bridgehead atoms. The number of rotatable bonds is 5. The summed E-state index contributed by atoms with van der Waals surface area (Å²) in [4.78, 5) is 4.98. The fourth-order valence-corrected chi connectivity index (χ4v) is 3.59. The van der Waals surface area contributed by atoms with Crippen molar-refractivity contribution in [1.82, 2.24) is 15.1 Å². The lowest BCUT2D eigenvalue weighted by Crippen LogP contribution is -2.45. The second kappa shape index (κ2) is 8.34. The Morgan fingerprint density at radius 3 is 2.91 bits per heavy atom. The number of nitrogens with zero attached hydrogens (tertiary/aromatic N) is 2. The van der Waals surface area contributed by atoms with E-state index in [1.54, 1.807) is 0 Å². The molecule has 1 aromatic carbocycles. The fourth-order valence-electron chi connectivity index (χ4n) is 3.41. The van der Waals surface area contributed by atoms with Gasteiger partial charge in [-0.2, -0.15) is 0 Å². The molecular formula is C18H28ClN3O. The van der Waals surface area contributed by atoms with Crippen molar-refractivity contribution in [3.8, 4) is 5.75 Å². The standard InChI is InChI=1S/C18H28ClN3O/c1-21-9-11-22(12-10-21)8-3-7-20-17-4-2-13-23-18-6-5-15(19)14-16(17)18/h5-6,14,17,20H,2-4,7-13H2,1H3/t17-/m1/s1. The number of halogens is 1. The van der Waals surface area contributed by atoms with Crippen LogP contribution in [0.15, 0.2) is 18.2 Å². The van der Waals surface area contributed by atoms with Gasteiger partial charge in [0, 0.05) is 42.8 Å². The van der Waals surface area contributed by atoms with Gasteiger partial charge in [-0.15, -0.1) is 0 Å². The van der Waals surface area contributed by atoms with Gasteiger partial charge in [-0.1, -0.05) is 11.6 Å². The number of benzene rings is 1. The zero-order valence-corrected chi connectivity index (χ0v) is 14.8. The molecule has 0 aliphatic carbocycles. The van der Waals surface area contributed by atoms with Gasteiger partial charge in [0.25, 0.3) is 0 Å². The average molecular weight is 338 g/mol. The van der Waals surface area contributed by atoms with Gasteiger partial charge in [-0.25, -0.2) is 0 Å². The Hall–Kier alpha value is -0.810. The van der Waals surface area contributed by atoms with Crippen LogP contribution < -0.4 is 10.1 Å². The second-order valence-corrected chi connectivity index (χ2v) is 7.11. The van der Waals surface area contributed by atoms with E-state index in [1.807, 2.05) is 12.1 Å². The maximum atomic E-state index is 6.18. The molecule has 5 heteroatoms. The van der Waals surface area contributed by atoms with Crippen LogP contribution in [0.4, 0.5) is 0 Å². The van der Waals surface area contributed by atoms with Gasteiger partial charge in [-0.3, -0.25) is 0 Å². The van der Waals surface area contributed by atoms with E-state index in [4.69, 9.17) is 16.3 Å². The van der Waals surface area contributed by atoms with Crippen molar-refractivity contribution in [1.29, 1.82) is 0 Å². The van der Waals surface area contributed by atoms with Gasteiger partial charge in [0.15, 0.2) is 0 Å². The molecule has 2 aliphatic rings. The molecule has 0 saturated carbocycles. The van der Waals surface area contributed by atoms with Gasteiger partial charge in [0.1, 0.15) is 5.75 Å². The van der Waals surface area contributed by atoms with E-state index >= 15 is 0 Å². The Balaban J connectivity index is 1.47. The summed E-state index contributed by atoms with van der Waals surface area (Å²) in [5.41, 5.74) is 1.22. The van der Waals surface area contributed by atoms with Gasteiger partial charge < -0.3 is 19.9 Å². The molecule has 1 fully saturated rings. The van der Waals surface area contributed by atoms with E-state index in [1.165, 1.54) is 44.7 Å². The van der Waals surface area contributed by atoms with Gasteiger partial charge in [-0.05, 0) is 57.6 Å². The van der Waals surface area contributed by atoms with Gasteiger partial charge in [0.05, 0.1) is 6.61 Å². The summed E-state index contributed by atoms with van der Waals surface area (Å²) < 4.78 is 5.83. The van der Waals surface area contributed by atoms with Crippen molar-refractivity contribution >= 4 is 11.6 Å². The van der Waals surface area contributed by atoms with Crippen LogP contribution in [-0.4, -0.2) is 62.7 Å². The molecule has 1 atom stereocenters. The molecule has 3 rings (SSSR count). The number of hydrogen-bond acceptors (Lipinski definition) is 4. The van der Waals surface area contributed by atoms with Crippen molar-refractivity contribution in [3.63, 3.8) is 0 Å². The predicted molar refractivity (Wildman–Crippen MR) is 95.5 cm³/mol. The van der Waals surface area contributed by atoms with Gasteiger partial charge >= 0.3 is 0 Å². The van der Waals surface area contributed by atoms with Gasteiger partial charge in [0.2, 0.25) is 0 Å². The van der Waals surface area contributed by atoms with Crippen LogP contribution in [0.5, 0.6) is 5.75 Å². The highest BCUT2D eigenvalue weighted by atomic mass is 35.5. The lowest BCUT2D eigenvalue weighted by atomic mass is 10.0. The fraction of sp³-hybridized carbons (Fsp3) is 0.667. The Morgan fingerprint density at radius 1 is 1.26 bits per heavy atom. The van der Waals surface area contributed by atoms with Crippen molar-refractivity contribution < 1.29 is 4.74 Å². The van der Waals surface area contributed by atoms with E-state index in [-0.39, 0.29) is 0 Å². The minimum absolute atomic E-state index is 0.360. The van der Waals surface area contributed by atoms with E-state index in [0.717, 1.165) is 36.8 Å². The van der Waals surface area contributed by atoms with Crippen LogP contribution in [0.3, 0.4) is 0 Å². The highest BCUT2D eigenvalue weighted by Gasteiger charge is 2.20.